The Labute approximate surface area is 166 Å². The maximum Gasteiger partial charge on any atom is 0.320 e. The van der Waals surface area contributed by atoms with Crippen molar-refractivity contribution in [1.82, 2.24) is 20.2 Å². The van der Waals surface area contributed by atoms with Crippen LogP contribution in [0, 0.1) is 0 Å². The van der Waals surface area contributed by atoms with E-state index in [1.165, 1.54) is 0 Å². The minimum atomic E-state index is -2.73. The molecule has 152 valence electrons. The van der Waals surface area contributed by atoms with Crippen molar-refractivity contribution < 1.29 is 18.4 Å². The average molecular weight is 400 g/mol. The van der Waals surface area contributed by atoms with E-state index in [4.69, 9.17) is 0 Å². The van der Waals surface area contributed by atoms with Crippen molar-refractivity contribution in [1.29, 1.82) is 0 Å². The van der Waals surface area contributed by atoms with E-state index in [0.717, 1.165) is 10.1 Å². The quantitative estimate of drug-likeness (QED) is 0.610. The molecule has 3 aromatic rings. The summed E-state index contributed by atoms with van der Waals surface area (Å²) in [6.07, 6.45) is 0.183. The van der Waals surface area contributed by atoms with E-state index in [1.807, 2.05) is 30.3 Å². The number of nitrogens with one attached hydrogen (secondary N) is 2. The van der Waals surface area contributed by atoms with Crippen LogP contribution in [0.1, 0.15) is 30.8 Å². The molecular formula is C21H22F2N4O2. The van der Waals surface area contributed by atoms with E-state index >= 15 is 0 Å². The molecule has 0 fully saturated rings. The van der Waals surface area contributed by atoms with Crippen LogP contribution in [0.2, 0.25) is 0 Å². The minimum Gasteiger partial charge on any atom is -0.354 e. The fourth-order valence-corrected chi connectivity index (χ4v) is 3.06. The topological polar surface area (TPSA) is 76.0 Å². The lowest BCUT2D eigenvalue weighted by atomic mass is 10.1. The highest BCUT2D eigenvalue weighted by Crippen LogP contribution is 2.27. The van der Waals surface area contributed by atoms with Crippen molar-refractivity contribution in [2.75, 3.05) is 13.1 Å². The molecule has 1 heterocycles. The van der Waals surface area contributed by atoms with Crippen molar-refractivity contribution in [2.24, 2.45) is 0 Å². The van der Waals surface area contributed by atoms with Gasteiger partial charge in [0.05, 0.1) is 24.0 Å². The van der Waals surface area contributed by atoms with Crippen LogP contribution in [0.15, 0.2) is 54.6 Å². The summed E-state index contributed by atoms with van der Waals surface area (Å²) in [6.45, 7) is -1.06. The lowest BCUT2D eigenvalue weighted by Crippen LogP contribution is -2.39. The second-order valence-electron chi connectivity index (χ2n) is 6.75. The molecular weight excluding hydrogens is 378 g/mol. The first-order valence-corrected chi connectivity index (χ1v) is 9.28. The Bertz CT molecular complexity index is 989. The summed E-state index contributed by atoms with van der Waals surface area (Å²) < 4.78 is 27.9. The highest BCUT2D eigenvalue weighted by Gasteiger charge is 2.22. The molecule has 0 aliphatic rings. The maximum absolute atomic E-state index is 13.5. The summed E-state index contributed by atoms with van der Waals surface area (Å²) >= 11 is 0. The normalized spacial score (nSPS) is 12.1. The highest BCUT2D eigenvalue weighted by molar-refractivity contribution is 5.85. The Morgan fingerprint density at radius 3 is 2.41 bits per heavy atom. The zero-order valence-corrected chi connectivity index (χ0v) is 15.9. The van der Waals surface area contributed by atoms with Gasteiger partial charge in [-0.25, -0.2) is 4.98 Å². The predicted octanol–water partition coefficient (Wildman–Crippen LogP) is 3.01. The Balaban J connectivity index is 1.53. The smallest absolute Gasteiger partial charge is 0.320 e. The molecule has 8 heteroatoms. The maximum atomic E-state index is 13.5. The number of para-hydroxylation sites is 2. The van der Waals surface area contributed by atoms with Crippen molar-refractivity contribution in [3.8, 4) is 0 Å². The van der Waals surface area contributed by atoms with Gasteiger partial charge in [0.2, 0.25) is 11.8 Å². The first kappa shape index (κ1) is 20.4. The second-order valence-corrected chi connectivity index (χ2v) is 6.75. The molecule has 0 aliphatic heterocycles. The van der Waals surface area contributed by atoms with Crippen LogP contribution >= 0.6 is 0 Å². The Hall–Kier alpha value is -3.29. The molecule has 1 atom stereocenters. The number of carbonyl (C=O) groups excluding carboxylic acids is 2. The van der Waals surface area contributed by atoms with Gasteiger partial charge in [-0.2, -0.15) is 8.78 Å². The average Bonchev–Trinajstić information content (AvgIpc) is 3.11. The molecule has 0 radical (unpaired) electrons. The van der Waals surface area contributed by atoms with Gasteiger partial charge in [-0.1, -0.05) is 49.4 Å². The molecule has 3 rings (SSSR count). The number of hydrogen-bond donors (Lipinski definition) is 2. The number of fused-ring (bicyclic) bond motifs is 1. The molecule has 2 N–H and O–H groups in total. The van der Waals surface area contributed by atoms with E-state index < -0.39 is 18.4 Å². The van der Waals surface area contributed by atoms with E-state index in [-0.39, 0.29) is 31.2 Å². The summed E-state index contributed by atoms with van der Waals surface area (Å²) in [5, 5.41) is 5.21. The fraction of sp³-hybridized carbons (Fsp3) is 0.286. The molecule has 0 aliphatic carbocycles. The number of alkyl halides is 2. The van der Waals surface area contributed by atoms with E-state index in [9.17, 15) is 18.4 Å². The van der Waals surface area contributed by atoms with Gasteiger partial charge in [0.1, 0.15) is 5.82 Å². The van der Waals surface area contributed by atoms with E-state index in [1.54, 1.807) is 31.2 Å². The van der Waals surface area contributed by atoms with Crippen LogP contribution in [-0.2, 0) is 16.0 Å². The van der Waals surface area contributed by atoms with Gasteiger partial charge in [-0.3, -0.25) is 14.2 Å². The lowest BCUT2D eigenvalue weighted by molar-refractivity contribution is -0.125. The molecule has 0 unspecified atom stereocenters. The molecule has 2 amide bonds. The zero-order chi connectivity index (χ0) is 20.8. The van der Waals surface area contributed by atoms with Gasteiger partial charge in [0.25, 0.3) is 0 Å². The number of imidazole rings is 1. The molecule has 1 aromatic heterocycles. The van der Waals surface area contributed by atoms with Gasteiger partial charge in [0.15, 0.2) is 0 Å². The highest BCUT2D eigenvalue weighted by atomic mass is 19.3. The van der Waals surface area contributed by atoms with Crippen LogP contribution < -0.4 is 10.6 Å². The predicted molar refractivity (Wildman–Crippen MR) is 106 cm³/mol. The number of amides is 2. The number of carbonyl (C=O) groups is 2. The molecule has 0 bridgehead atoms. The van der Waals surface area contributed by atoms with Crippen LogP contribution in [0.3, 0.4) is 0 Å². The van der Waals surface area contributed by atoms with Crippen LogP contribution in [0.25, 0.3) is 11.0 Å². The number of hydrogen-bond acceptors (Lipinski definition) is 3. The largest absolute Gasteiger partial charge is 0.354 e. The molecule has 0 spiro atoms. The SMILES string of the molecule is C[C@H](CNC(=O)CNC(=O)Cc1ccccc1)c1nc2ccccc2n1C(F)F. The third kappa shape index (κ3) is 5.16. The van der Waals surface area contributed by atoms with E-state index in [2.05, 4.69) is 15.6 Å². The molecule has 0 saturated heterocycles. The Kier molecular flexibility index (Phi) is 6.54. The molecule has 6 nitrogen and oxygen atoms in total. The zero-order valence-electron chi connectivity index (χ0n) is 15.9. The van der Waals surface area contributed by atoms with Gasteiger partial charge < -0.3 is 10.6 Å². The number of halogens is 2. The number of benzene rings is 2. The Morgan fingerprint density at radius 2 is 1.69 bits per heavy atom. The number of nitrogens with zero attached hydrogens (tertiary/aromatic N) is 2. The first-order valence-electron chi connectivity index (χ1n) is 9.28. The first-order chi connectivity index (χ1) is 14.0. The Morgan fingerprint density at radius 1 is 1.00 bits per heavy atom. The second kappa shape index (κ2) is 9.27. The minimum absolute atomic E-state index is 0.128. The number of rotatable bonds is 8. The van der Waals surface area contributed by atoms with Crippen molar-refractivity contribution in [3.05, 3.63) is 66.0 Å². The lowest BCUT2D eigenvalue weighted by Gasteiger charge is -2.15. The number of aromatic nitrogens is 2. The molecule has 0 saturated carbocycles. The van der Waals surface area contributed by atoms with Gasteiger partial charge in [-0.15, -0.1) is 0 Å². The van der Waals surface area contributed by atoms with Crippen LogP contribution in [0.5, 0.6) is 0 Å². The van der Waals surface area contributed by atoms with Gasteiger partial charge in [-0.05, 0) is 17.7 Å². The van der Waals surface area contributed by atoms with Crippen molar-refractivity contribution in [3.63, 3.8) is 0 Å². The van der Waals surface area contributed by atoms with Crippen molar-refractivity contribution >= 4 is 22.8 Å². The molecule has 2 aromatic carbocycles. The summed E-state index contributed by atoms with van der Waals surface area (Å²) in [5.41, 5.74) is 1.68. The van der Waals surface area contributed by atoms with Gasteiger partial charge in [0, 0.05) is 12.5 Å². The standard InChI is InChI=1S/C21H22F2N4O2/c1-14(20-26-16-9-5-6-10-17(16)27(20)21(22)23)12-24-19(29)13-25-18(28)11-15-7-3-2-4-8-15/h2-10,14,21H,11-13H2,1H3,(H,24,29)(H,25,28)/t14-/m1/s1. The van der Waals surface area contributed by atoms with Crippen LogP contribution in [-0.4, -0.2) is 34.5 Å². The van der Waals surface area contributed by atoms with Crippen LogP contribution in [0.4, 0.5) is 8.78 Å². The summed E-state index contributed by atoms with van der Waals surface area (Å²) in [5.74, 6) is -0.883. The summed E-state index contributed by atoms with van der Waals surface area (Å²) in [4.78, 5) is 28.2. The fourth-order valence-electron chi connectivity index (χ4n) is 3.06. The van der Waals surface area contributed by atoms with Crippen molar-refractivity contribution in [2.45, 2.75) is 25.8 Å². The van der Waals surface area contributed by atoms with E-state index in [0.29, 0.717) is 11.0 Å². The summed E-state index contributed by atoms with van der Waals surface area (Å²) in [7, 11) is 0. The molecule has 29 heavy (non-hydrogen) atoms. The van der Waals surface area contributed by atoms with Gasteiger partial charge >= 0.3 is 6.55 Å². The summed E-state index contributed by atoms with van der Waals surface area (Å²) in [6, 6.07) is 15.9. The third-order valence-corrected chi connectivity index (χ3v) is 4.52. The monoisotopic (exact) mass is 400 g/mol. The third-order valence-electron chi connectivity index (χ3n) is 4.52.